The minimum Gasteiger partial charge on any atom is -0.276 e. The number of sulfonamides is 2. The molecule has 0 fully saturated rings. The number of nitrogens with two attached hydrogens (primary N) is 1. The number of thiophene rings is 1. The molecule has 0 aliphatic heterocycles. The molecule has 0 saturated carbocycles. The van der Waals surface area contributed by atoms with Crippen LogP contribution >= 0.6 is 34.5 Å². The van der Waals surface area contributed by atoms with Crippen LogP contribution in [0.5, 0.6) is 0 Å². The van der Waals surface area contributed by atoms with Gasteiger partial charge in [-0.2, -0.15) is 0 Å². The first-order valence-corrected chi connectivity index (χ1v) is 9.86. The molecule has 0 aliphatic carbocycles. The molecule has 0 radical (unpaired) electrons. The van der Waals surface area contributed by atoms with Crippen molar-refractivity contribution >= 4 is 60.3 Å². The first-order valence-electron chi connectivity index (χ1n) is 5.19. The van der Waals surface area contributed by atoms with Gasteiger partial charge in [-0.1, -0.05) is 29.3 Å². The summed E-state index contributed by atoms with van der Waals surface area (Å²) in [5.74, 6) is 0. The van der Waals surface area contributed by atoms with Crippen molar-refractivity contribution in [3.8, 4) is 0 Å². The second kappa shape index (κ2) is 5.75. The maximum absolute atomic E-state index is 12.1. The third-order valence-electron chi connectivity index (χ3n) is 2.34. The van der Waals surface area contributed by atoms with Gasteiger partial charge in [0.25, 0.3) is 10.0 Å². The largest absolute Gasteiger partial charge is 0.276 e. The second-order valence-electron chi connectivity index (χ2n) is 3.84. The van der Waals surface area contributed by atoms with Gasteiger partial charge in [-0.15, -0.1) is 11.3 Å². The summed E-state index contributed by atoms with van der Waals surface area (Å²) in [4.78, 5) is -0.309. The number of benzene rings is 1. The van der Waals surface area contributed by atoms with Crippen LogP contribution in [0.4, 0.5) is 5.69 Å². The van der Waals surface area contributed by atoms with E-state index in [1.165, 1.54) is 6.07 Å². The normalized spacial score (nSPS) is 12.3. The van der Waals surface area contributed by atoms with E-state index in [9.17, 15) is 16.8 Å². The van der Waals surface area contributed by atoms with Gasteiger partial charge in [0.05, 0.1) is 20.6 Å². The number of primary sulfonamides is 1. The average Bonchev–Trinajstić information content (AvgIpc) is 2.86. The molecule has 3 N–H and O–H groups in total. The van der Waals surface area contributed by atoms with Crippen molar-refractivity contribution in [1.29, 1.82) is 0 Å². The minimum absolute atomic E-state index is 0.0742. The van der Waals surface area contributed by atoms with Gasteiger partial charge in [0, 0.05) is 0 Å². The van der Waals surface area contributed by atoms with Crippen molar-refractivity contribution in [2.45, 2.75) is 9.10 Å². The molecule has 0 atom stereocenters. The van der Waals surface area contributed by atoms with Gasteiger partial charge < -0.3 is 0 Å². The molecule has 114 valence electrons. The van der Waals surface area contributed by atoms with Gasteiger partial charge in [0.1, 0.15) is 4.21 Å². The van der Waals surface area contributed by atoms with Crippen LogP contribution in [-0.4, -0.2) is 16.8 Å². The van der Waals surface area contributed by atoms with E-state index in [4.69, 9.17) is 28.3 Å². The minimum atomic E-state index is -4.00. The fourth-order valence-corrected chi connectivity index (χ4v) is 4.89. The lowest BCUT2D eigenvalue weighted by molar-refractivity contribution is 0.597. The quantitative estimate of drug-likeness (QED) is 0.841. The molecule has 0 unspecified atom stereocenters. The highest BCUT2D eigenvalue weighted by Crippen LogP contribution is 2.35. The van der Waals surface area contributed by atoms with E-state index in [0.29, 0.717) is 0 Å². The summed E-state index contributed by atoms with van der Waals surface area (Å²) >= 11 is 12.8. The second-order valence-corrected chi connectivity index (χ2v) is 9.08. The highest BCUT2D eigenvalue weighted by Gasteiger charge is 2.21. The zero-order valence-corrected chi connectivity index (χ0v) is 14.0. The van der Waals surface area contributed by atoms with Crippen molar-refractivity contribution in [3.63, 3.8) is 0 Å². The molecule has 6 nitrogen and oxygen atoms in total. The van der Waals surface area contributed by atoms with E-state index in [-0.39, 0.29) is 24.8 Å². The van der Waals surface area contributed by atoms with Crippen LogP contribution < -0.4 is 9.86 Å². The summed E-state index contributed by atoms with van der Waals surface area (Å²) in [6.45, 7) is 0. The van der Waals surface area contributed by atoms with Crippen molar-refractivity contribution < 1.29 is 16.8 Å². The monoisotopic (exact) mass is 386 g/mol. The molecule has 0 amide bonds. The van der Waals surface area contributed by atoms with E-state index in [0.717, 1.165) is 23.5 Å². The zero-order chi connectivity index (χ0) is 15.8. The van der Waals surface area contributed by atoms with Gasteiger partial charge in [-0.25, -0.2) is 22.0 Å². The van der Waals surface area contributed by atoms with Crippen molar-refractivity contribution in [2.75, 3.05) is 4.72 Å². The zero-order valence-electron chi connectivity index (χ0n) is 10.1. The third-order valence-corrected chi connectivity index (χ3v) is 6.58. The lowest BCUT2D eigenvalue weighted by Crippen LogP contribution is -2.14. The first kappa shape index (κ1) is 16.5. The molecule has 2 rings (SSSR count). The standard InChI is InChI=1S/C10H8Cl2N2O4S3/c11-7-4-6(20(13,15)16)5-8(12)10(7)14-21(17,18)9-2-1-3-19-9/h1-5,14H,(H2,13,15,16). The topological polar surface area (TPSA) is 106 Å². The molecule has 1 heterocycles. The van der Waals surface area contributed by atoms with Crippen LogP contribution in [0.3, 0.4) is 0 Å². The lowest BCUT2D eigenvalue weighted by Gasteiger charge is -2.11. The highest BCUT2D eigenvalue weighted by atomic mass is 35.5. The molecule has 1 aromatic heterocycles. The Morgan fingerprint density at radius 2 is 1.67 bits per heavy atom. The molecular formula is C10H8Cl2N2O4S3. The Kier molecular flexibility index (Phi) is 4.52. The third kappa shape index (κ3) is 3.68. The SMILES string of the molecule is NS(=O)(=O)c1cc(Cl)c(NS(=O)(=O)c2cccs2)c(Cl)c1. The van der Waals surface area contributed by atoms with Crippen molar-refractivity contribution in [1.82, 2.24) is 0 Å². The number of hydrogen-bond donors (Lipinski definition) is 2. The number of nitrogens with one attached hydrogen (secondary N) is 1. The lowest BCUT2D eigenvalue weighted by atomic mass is 10.3. The Balaban J connectivity index is 2.48. The van der Waals surface area contributed by atoms with E-state index < -0.39 is 20.0 Å². The Morgan fingerprint density at radius 1 is 1.10 bits per heavy atom. The van der Waals surface area contributed by atoms with Crippen LogP contribution in [0.15, 0.2) is 38.8 Å². The molecule has 1 aromatic carbocycles. The van der Waals surface area contributed by atoms with Crippen molar-refractivity contribution in [2.24, 2.45) is 5.14 Å². The summed E-state index contributed by atoms with van der Waals surface area (Å²) < 4.78 is 49.0. The maximum atomic E-state index is 12.1. The predicted molar refractivity (Wildman–Crippen MR) is 83.0 cm³/mol. The summed E-state index contributed by atoms with van der Waals surface area (Å²) in [6.07, 6.45) is 0. The van der Waals surface area contributed by atoms with Crippen molar-refractivity contribution in [3.05, 3.63) is 39.7 Å². The molecule has 21 heavy (non-hydrogen) atoms. The molecule has 2 aromatic rings. The highest BCUT2D eigenvalue weighted by molar-refractivity contribution is 7.94. The molecule has 0 saturated heterocycles. The first-order chi connectivity index (χ1) is 9.61. The number of halogens is 2. The van der Waals surface area contributed by atoms with Gasteiger partial charge in [-0.3, -0.25) is 4.72 Å². The van der Waals surface area contributed by atoms with Gasteiger partial charge in [0.15, 0.2) is 0 Å². The fraction of sp³-hybridized carbons (Fsp3) is 0. The summed E-state index contributed by atoms with van der Waals surface area (Å²) in [6, 6.07) is 5.03. The predicted octanol–water partition coefficient (Wildman–Crippen LogP) is 2.50. The number of rotatable bonds is 4. The summed E-state index contributed by atoms with van der Waals surface area (Å²) in [5.41, 5.74) is -0.112. The smallest absolute Gasteiger partial charge is 0.271 e. The van der Waals surface area contributed by atoms with E-state index in [1.54, 1.807) is 11.4 Å². The Morgan fingerprint density at radius 3 is 2.10 bits per heavy atom. The molecule has 0 spiro atoms. The van der Waals surface area contributed by atoms with E-state index in [2.05, 4.69) is 4.72 Å². The van der Waals surface area contributed by atoms with Crippen LogP contribution in [0.1, 0.15) is 0 Å². The van der Waals surface area contributed by atoms with Crippen LogP contribution in [0.2, 0.25) is 10.0 Å². The molecule has 0 aliphatic rings. The van der Waals surface area contributed by atoms with Gasteiger partial charge in [-0.05, 0) is 23.6 Å². The molecular weight excluding hydrogens is 379 g/mol. The van der Waals surface area contributed by atoms with Gasteiger partial charge >= 0.3 is 0 Å². The fourth-order valence-electron chi connectivity index (χ4n) is 1.41. The summed E-state index contributed by atoms with van der Waals surface area (Å²) in [7, 11) is -7.84. The number of anilines is 1. The van der Waals surface area contributed by atoms with Crippen LogP contribution in [0, 0.1) is 0 Å². The van der Waals surface area contributed by atoms with Crippen LogP contribution in [0.25, 0.3) is 0 Å². The Labute approximate surface area is 135 Å². The Hall–Kier alpha value is -0.840. The molecule has 11 heteroatoms. The van der Waals surface area contributed by atoms with E-state index in [1.807, 2.05) is 0 Å². The molecule has 0 bridgehead atoms. The van der Waals surface area contributed by atoms with Crippen LogP contribution in [-0.2, 0) is 20.0 Å². The summed E-state index contributed by atoms with van der Waals surface area (Å²) in [5, 5.41) is 6.22. The average molecular weight is 387 g/mol. The Bertz CT molecular complexity index is 854. The van der Waals surface area contributed by atoms with Gasteiger partial charge in [0.2, 0.25) is 10.0 Å². The number of hydrogen-bond acceptors (Lipinski definition) is 5. The van der Waals surface area contributed by atoms with E-state index >= 15 is 0 Å². The maximum Gasteiger partial charge on any atom is 0.271 e.